The normalized spacial score (nSPS) is 18.9. The molecule has 0 spiro atoms. The molecule has 0 aliphatic carbocycles. The number of fused-ring (bicyclic) bond motifs is 1. The standard InChI is InChI=1S/C24H24N4O3S/c1-16-15-31-12-11-28(16)22-14-20(17-5-3-6-18(13-17)32(2,29)30)19-8-10-26-24(23(19)27-22)21-7-4-9-25-21/h3-8,10,13-14,16H,9,11-12,15H2,1-2H3/t16-/m1/s1. The Morgan fingerprint density at radius 3 is 2.81 bits per heavy atom. The number of morpholine rings is 1. The van der Waals surface area contributed by atoms with E-state index in [4.69, 9.17) is 9.72 Å². The Hall–Kier alpha value is -3.10. The van der Waals surface area contributed by atoms with Crippen molar-refractivity contribution in [3.05, 3.63) is 60.4 Å². The second-order valence-electron chi connectivity index (χ2n) is 8.13. The quantitative estimate of drug-likeness (QED) is 0.609. The summed E-state index contributed by atoms with van der Waals surface area (Å²) in [4.78, 5) is 16.7. The van der Waals surface area contributed by atoms with Crippen LogP contribution in [0.15, 0.2) is 64.6 Å². The van der Waals surface area contributed by atoms with Gasteiger partial charge in [0, 0.05) is 24.4 Å². The van der Waals surface area contributed by atoms with Crippen molar-refractivity contribution in [2.75, 3.05) is 37.5 Å². The molecule has 1 atom stereocenters. The molecule has 5 rings (SSSR count). The number of aromatic nitrogens is 2. The van der Waals surface area contributed by atoms with Crippen molar-refractivity contribution in [3.63, 3.8) is 0 Å². The van der Waals surface area contributed by atoms with Crippen molar-refractivity contribution in [2.24, 2.45) is 4.99 Å². The lowest BCUT2D eigenvalue weighted by Crippen LogP contribution is -2.44. The van der Waals surface area contributed by atoms with Crippen molar-refractivity contribution in [2.45, 2.75) is 17.9 Å². The molecular weight excluding hydrogens is 424 g/mol. The van der Waals surface area contributed by atoms with Crippen LogP contribution in [0.4, 0.5) is 5.82 Å². The second-order valence-corrected chi connectivity index (χ2v) is 10.1. The number of anilines is 1. The summed E-state index contributed by atoms with van der Waals surface area (Å²) in [6.07, 6.45) is 6.96. The summed E-state index contributed by atoms with van der Waals surface area (Å²) in [5.41, 5.74) is 4.04. The van der Waals surface area contributed by atoms with Gasteiger partial charge >= 0.3 is 0 Å². The molecule has 0 unspecified atom stereocenters. The van der Waals surface area contributed by atoms with Gasteiger partial charge in [-0.3, -0.25) is 9.98 Å². The fraction of sp³-hybridized carbons (Fsp3) is 0.292. The molecule has 7 nitrogen and oxygen atoms in total. The molecule has 0 amide bonds. The number of allylic oxidation sites excluding steroid dienone is 1. The summed E-state index contributed by atoms with van der Waals surface area (Å²) in [5.74, 6) is 0.824. The van der Waals surface area contributed by atoms with E-state index in [-0.39, 0.29) is 6.04 Å². The Balaban J connectivity index is 1.78. The molecule has 0 bridgehead atoms. The summed E-state index contributed by atoms with van der Waals surface area (Å²) in [5, 5.41) is 0.910. The average Bonchev–Trinajstić information content (AvgIpc) is 3.32. The minimum absolute atomic E-state index is 0.174. The topological polar surface area (TPSA) is 84.8 Å². The molecule has 2 aromatic heterocycles. The van der Waals surface area contributed by atoms with Gasteiger partial charge in [0.2, 0.25) is 0 Å². The molecule has 164 valence electrons. The molecule has 0 saturated carbocycles. The summed E-state index contributed by atoms with van der Waals surface area (Å²) < 4.78 is 30.0. The van der Waals surface area contributed by atoms with Gasteiger partial charge in [0.1, 0.15) is 17.0 Å². The lowest BCUT2D eigenvalue weighted by atomic mass is 9.99. The highest BCUT2D eigenvalue weighted by Gasteiger charge is 2.23. The molecule has 1 saturated heterocycles. The highest BCUT2D eigenvalue weighted by atomic mass is 32.2. The highest BCUT2D eigenvalue weighted by Crippen LogP contribution is 2.34. The Morgan fingerprint density at radius 1 is 1.19 bits per heavy atom. The number of aliphatic imine (C=N–C) groups is 1. The van der Waals surface area contributed by atoms with E-state index in [9.17, 15) is 8.42 Å². The zero-order valence-electron chi connectivity index (χ0n) is 18.0. The molecule has 8 heteroatoms. The lowest BCUT2D eigenvalue weighted by Gasteiger charge is -2.34. The van der Waals surface area contributed by atoms with Crippen molar-refractivity contribution < 1.29 is 13.2 Å². The summed E-state index contributed by atoms with van der Waals surface area (Å²) in [6, 6.07) is 11.2. The van der Waals surface area contributed by atoms with Gasteiger partial charge in [0.15, 0.2) is 9.84 Å². The fourth-order valence-electron chi connectivity index (χ4n) is 4.20. The van der Waals surface area contributed by atoms with Gasteiger partial charge in [-0.2, -0.15) is 0 Å². The lowest BCUT2D eigenvalue weighted by molar-refractivity contribution is 0.0986. The van der Waals surface area contributed by atoms with Crippen molar-refractivity contribution in [1.29, 1.82) is 0 Å². The number of ether oxygens (including phenoxy) is 1. The smallest absolute Gasteiger partial charge is 0.175 e. The molecule has 1 aromatic carbocycles. The van der Waals surface area contributed by atoms with Gasteiger partial charge < -0.3 is 9.64 Å². The number of benzene rings is 1. The molecule has 0 N–H and O–H groups in total. The van der Waals surface area contributed by atoms with Crippen LogP contribution in [0.2, 0.25) is 0 Å². The predicted molar refractivity (Wildman–Crippen MR) is 126 cm³/mol. The monoisotopic (exact) mass is 448 g/mol. The van der Waals surface area contributed by atoms with Crippen molar-refractivity contribution >= 4 is 32.3 Å². The SMILES string of the molecule is C[C@@H]1COCCN1c1cc(-c2cccc(S(C)(=O)=O)c2)c2ccnc(C3=NCC=C3)c2n1. The largest absolute Gasteiger partial charge is 0.377 e. The van der Waals surface area contributed by atoms with Crippen molar-refractivity contribution in [1.82, 2.24) is 9.97 Å². The Morgan fingerprint density at radius 2 is 2.06 bits per heavy atom. The maximum Gasteiger partial charge on any atom is 0.175 e. The number of rotatable bonds is 4. The van der Waals surface area contributed by atoms with Crippen LogP contribution in [0.1, 0.15) is 12.6 Å². The van der Waals surface area contributed by atoms with Crippen LogP contribution < -0.4 is 4.90 Å². The predicted octanol–water partition coefficient (Wildman–Crippen LogP) is 3.28. The van der Waals surface area contributed by atoms with Gasteiger partial charge in [-0.15, -0.1) is 0 Å². The van der Waals surface area contributed by atoms with Gasteiger partial charge in [-0.05, 0) is 48.4 Å². The zero-order chi connectivity index (χ0) is 22.3. The summed E-state index contributed by atoms with van der Waals surface area (Å²) in [7, 11) is -3.33. The molecule has 2 aliphatic rings. The first-order chi connectivity index (χ1) is 15.4. The number of sulfone groups is 1. The first-order valence-electron chi connectivity index (χ1n) is 10.6. The highest BCUT2D eigenvalue weighted by molar-refractivity contribution is 7.90. The maximum absolute atomic E-state index is 12.2. The van der Waals surface area contributed by atoms with E-state index < -0.39 is 9.84 Å². The Bertz CT molecular complexity index is 1360. The zero-order valence-corrected chi connectivity index (χ0v) is 18.8. The van der Waals surface area contributed by atoms with Crippen LogP contribution in [-0.2, 0) is 14.6 Å². The number of hydrogen-bond acceptors (Lipinski definition) is 7. The molecule has 0 radical (unpaired) electrons. The van der Waals surface area contributed by atoms with E-state index in [1.165, 1.54) is 6.26 Å². The van der Waals surface area contributed by atoms with Gasteiger partial charge in [-0.1, -0.05) is 18.2 Å². The second kappa shape index (κ2) is 8.11. The van der Waals surface area contributed by atoms with E-state index >= 15 is 0 Å². The first kappa shape index (κ1) is 20.8. The van der Waals surface area contributed by atoms with Gasteiger partial charge in [0.05, 0.1) is 36.4 Å². The van der Waals surface area contributed by atoms with E-state index in [0.29, 0.717) is 24.7 Å². The Kier molecular flexibility index (Phi) is 5.27. The van der Waals surface area contributed by atoms with Crippen molar-refractivity contribution in [3.8, 4) is 11.1 Å². The third kappa shape index (κ3) is 3.80. The molecule has 4 heterocycles. The van der Waals surface area contributed by atoms with Crippen LogP contribution in [0, 0.1) is 0 Å². The number of nitrogens with zero attached hydrogens (tertiary/aromatic N) is 4. The van der Waals surface area contributed by atoms with E-state index in [1.54, 1.807) is 24.4 Å². The fourth-order valence-corrected chi connectivity index (χ4v) is 4.86. The van der Waals surface area contributed by atoms with E-state index in [2.05, 4.69) is 21.8 Å². The van der Waals surface area contributed by atoms with Crippen LogP contribution in [0.25, 0.3) is 22.0 Å². The molecule has 32 heavy (non-hydrogen) atoms. The van der Waals surface area contributed by atoms with Gasteiger partial charge in [0.25, 0.3) is 0 Å². The third-order valence-electron chi connectivity index (χ3n) is 5.83. The molecule has 2 aliphatic heterocycles. The first-order valence-corrected chi connectivity index (χ1v) is 12.5. The average molecular weight is 449 g/mol. The minimum atomic E-state index is -3.33. The summed E-state index contributed by atoms with van der Waals surface area (Å²) in [6.45, 7) is 4.75. The van der Waals surface area contributed by atoms with Crippen LogP contribution in [0.5, 0.6) is 0 Å². The van der Waals surface area contributed by atoms with Gasteiger partial charge in [-0.25, -0.2) is 13.4 Å². The van der Waals surface area contributed by atoms with E-state index in [0.717, 1.165) is 45.8 Å². The van der Waals surface area contributed by atoms with Crippen LogP contribution >= 0.6 is 0 Å². The van der Waals surface area contributed by atoms with E-state index in [1.807, 2.05) is 30.4 Å². The molecule has 1 fully saturated rings. The third-order valence-corrected chi connectivity index (χ3v) is 6.94. The Labute approximate surface area is 187 Å². The maximum atomic E-state index is 12.2. The van der Waals surface area contributed by atoms with Crippen LogP contribution in [0.3, 0.4) is 0 Å². The number of pyridine rings is 2. The van der Waals surface area contributed by atoms with Crippen LogP contribution in [-0.4, -0.2) is 62.7 Å². The number of hydrogen-bond donors (Lipinski definition) is 0. The molecular formula is C24H24N4O3S. The summed E-state index contributed by atoms with van der Waals surface area (Å²) >= 11 is 0. The molecule has 3 aromatic rings. The minimum Gasteiger partial charge on any atom is -0.377 e.